The molecule has 1 heterocycles. The van der Waals surface area contributed by atoms with Crippen LogP contribution in [0.1, 0.15) is 38.5 Å². The van der Waals surface area contributed by atoms with Crippen molar-refractivity contribution in [2.75, 3.05) is 24.6 Å². The third kappa shape index (κ3) is 18.4. The van der Waals surface area contributed by atoms with E-state index in [0.717, 1.165) is 24.3 Å². The van der Waals surface area contributed by atoms with Gasteiger partial charge in [0, 0.05) is 11.5 Å². The Kier molecular flexibility index (Phi) is 15.2. The molecule has 19 heavy (non-hydrogen) atoms. The number of nitrogens with two attached hydrogens (primary N) is 3. The summed E-state index contributed by atoms with van der Waals surface area (Å²) in [6, 6.07) is 0. The first-order chi connectivity index (χ1) is 9.13. The molecule has 0 unspecified atom stereocenters. The lowest BCUT2D eigenvalue weighted by atomic mass is 10.2. The SMILES string of the molecule is C1CC[NH2+]CC1.NC(=S)SCCCCCSC(N)=S. The number of unbranched alkanes of at least 4 members (excludes halogenated alkanes) is 2. The maximum atomic E-state index is 5.33. The second kappa shape index (κ2) is 14.8. The molecule has 1 aliphatic heterocycles. The number of hydrogen-bond acceptors (Lipinski definition) is 4. The van der Waals surface area contributed by atoms with E-state index in [1.807, 2.05) is 0 Å². The van der Waals surface area contributed by atoms with Crippen molar-refractivity contribution in [2.24, 2.45) is 11.5 Å². The van der Waals surface area contributed by atoms with Gasteiger partial charge in [-0.05, 0) is 32.1 Å². The van der Waals surface area contributed by atoms with Crippen LogP contribution in [0.3, 0.4) is 0 Å². The molecular formula is C12H26N3S4+. The molecule has 0 bridgehead atoms. The van der Waals surface area contributed by atoms with Gasteiger partial charge < -0.3 is 16.8 Å². The summed E-state index contributed by atoms with van der Waals surface area (Å²) in [6.45, 7) is 2.75. The molecule has 0 spiro atoms. The minimum atomic E-state index is 0.539. The van der Waals surface area contributed by atoms with Crippen LogP contribution >= 0.6 is 48.0 Å². The Hall–Kier alpha value is 0.440. The molecular weight excluding hydrogens is 314 g/mol. The van der Waals surface area contributed by atoms with Crippen molar-refractivity contribution in [1.29, 1.82) is 0 Å². The molecule has 0 radical (unpaired) electrons. The molecule has 0 saturated carbocycles. The van der Waals surface area contributed by atoms with E-state index in [1.54, 1.807) is 23.5 Å². The van der Waals surface area contributed by atoms with E-state index < -0.39 is 0 Å². The lowest BCUT2D eigenvalue weighted by Crippen LogP contribution is -2.85. The molecule has 0 amide bonds. The van der Waals surface area contributed by atoms with Crippen LogP contribution in [-0.2, 0) is 0 Å². The fourth-order valence-corrected chi connectivity index (χ4v) is 3.22. The second-order valence-corrected chi connectivity index (χ2v) is 7.99. The fourth-order valence-electron chi connectivity index (χ4n) is 1.62. The zero-order valence-corrected chi connectivity index (χ0v) is 14.7. The number of piperidine rings is 1. The highest BCUT2D eigenvalue weighted by Gasteiger charge is 1.97. The summed E-state index contributed by atoms with van der Waals surface area (Å²) in [4.78, 5) is 0. The Morgan fingerprint density at radius 3 is 1.58 bits per heavy atom. The van der Waals surface area contributed by atoms with Crippen LogP contribution in [0, 0.1) is 0 Å². The van der Waals surface area contributed by atoms with E-state index in [1.165, 1.54) is 38.8 Å². The predicted molar refractivity (Wildman–Crippen MR) is 97.8 cm³/mol. The Morgan fingerprint density at radius 1 is 0.842 bits per heavy atom. The number of thioether (sulfide) groups is 2. The van der Waals surface area contributed by atoms with Gasteiger partial charge in [-0.15, -0.1) is 0 Å². The van der Waals surface area contributed by atoms with Crippen LogP contribution in [0.25, 0.3) is 0 Å². The van der Waals surface area contributed by atoms with Crippen molar-refractivity contribution in [3.63, 3.8) is 0 Å². The van der Waals surface area contributed by atoms with Crippen molar-refractivity contribution in [2.45, 2.75) is 38.5 Å². The van der Waals surface area contributed by atoms with Crippen molar-refractivity contribution >= 4 is 56.6 Å². The molecule has 1 rings (SSSR count). The van der Waals surface area contributed by atoms with Crippen molar-refractivity contribution < 1.29 is 5.32 Å². The van der Waals surface area contributed by atoms with Crippen molar-refractivity contribution in [1.82, 2.24) is 0 Å². The Bertz CT molecular complexity index is 216. The van der Waals surface area contributed by atoms with Gasteiger partial charge in [0.2, 0.25) is 0 Å². The summed E-state index contributed by atoms with van der Waals surface area (Å²) in [7, 11) is 0. The van der Waals surface area contributed by atoms with Gasteiger partial charge in [0.1, 0.15) is 8.64 Å². The average molecular weight is 341 g/mol. The molecule has 0 aliphatic carbocycles. The summed E-state index contributed by atoms with van der Waals surface area (Å²) in [5.41, 5.74) is 10.7. The summed E-state index contributed by atoms with van der Waals surface area (Å²) in [5.74, 6) is 2.04. The normalized spacial score (nSPS) is 14.3. The van der Waals surface area contributed by atoms with E-state index in [-0.39, 0.29) is 0 Å². The standard InChI is InChI=1S/C7H14N2S4.C5H11N/c8-6(10)12-4-2-1-3-5-13-7(9)11;1-2-4-6-5-3-1/h1-5H2,(H2,8,10)(H2,9,11);6H,1-5H2/p+1. The Balaban J connectivity index is 0.000000443. The number of hydrogen-bond donors (Lipinski definition) is 3. The van der Waals surface area contributed by atoms with Gasteiger partial charge in [-0.1, -0.05) is 54.4 Å². The number of thiocarbonyl (C=S) groups is 2. The highest BCUT2D eigenvalue weighted by atomic mass is 32.2. The van der Waals surface area contributed by atoms with Gasteiger partial charge in [-0.3, -0.25) is 0 Å². The Morgan fingerprint density at radius 2 is 1.32 bits per heavy atom. The third-order valence-electron chi connectivity index (χ3n) is 2.59. The van der Waals surface area contributed by atoms with Crippen LogP contribution < -0.4 is 16.8 Å². The van der Waals surface area contributed by atoms with Gasteiger partial charge in [0.15, 0.2) is 0 Å². The van der Waals surface area contributed by atoms with Crippen molar-refractivity contribution in [3.8, 4) is 0 Å². The zero-order chi connectivity index (χ0) is 14.3. The lowest BCUT2D eigenvalue weighted by Gasteiger charge is -2.05. The van der Waals surface area contributed by atoms with Gasteiger partial charge in [0.05, 0.1) is 13.1 Å². The second-order valence-electron chi connectivity index (χ2n) is 4.32. The predicted octanol–water partition coefficient (Wildman–Crippen LogP) is 1.84. The van der Waals surface area contributed by atoms with Crippen molar-refractivity contribution in [3.05, 3.63) is 0 Å². The average Bonchev–Trinajstić information content (AvgIpc) is 2.40. The first-order valence-corrected chi connectivity index (χ1v) is 9.58. The van der Waals surface area contributed by atoms with Gasteiger partial charge in [-0.2, -0.15) is 0 Å². The minimum Gasteiger partial charge on any atom is -0.385 e. The monoisotopic (exact) mass is 340 g/mol. The van der Waals surface area contributed by atoms with Gasteiger partial charge >= 0.3 is 0 Å². The van der Waals surface area contributed by atoms with Crippen LogP contribution in [-0.4, -0.2) is 33.2 Å². The summed E-state index contributed by atoms with van der Waals surface area (Å²) in [6.07, 6.45) is 7.85. The van der Waals surface area contributed by atoms with E-state index in [4.69, 9.17) is 35.9 Å². The van der Waals surface area contributed by atoms with E-state index in [9.17, 15) is 0 Å². The molecule has 1 fully saturated rings. The number of quaternary nitrogens is 1. The van der Waals surface area contributed by atoms with Crippen LogP contribution in [0.4, 0.5) is 0 Å². The fraction of sp³-hybridized carbons (Fsp3) is 0.833. The molecule has 1 aliphatic rings. The van der Waals surface area contributed by atoms with E-state index in [2.05, 4.69) is 5.32 Å². The smallest absolute Gasteiger partial charge is 0.131 e. The molecule has 6 N–H and O–H groups in total. The highest BCUT2D eigenvalue weighted by Crippen LogP contribution is 2.09. The lowest BCUT2D eigenvalue weighted by molar-refractivity contribution is -0.662. The van der Waals surface area contributed by atoms with Crippen LogP contribution in [0.2, 0.25) is 0 Å². The third-order valence-corrected chi connectivity index (χ3v) is 4.86. The summed E-state index contributed by atoms with van der Waals surface area (Å²) < 4.78 is 1.08. The molecule has 0 aromatic heterocycles. The summed E-state index contributed by atoms with van der Waals surface area (Å²) in [5, 5.41) is 2.39. The molecule has 0 atom stereocenters. The zero-order valence-electron chi connectivity index (χ0n) is 11.4. The molecule has 1 saturated heterocycles. The topological polar surface area (TPSA) is 68.6 Å². The quantitative estimate of drug-likeness (QED) is 0.506. The van der Waals surface area contributed by atoms with Gasteiger partial charge in [-0.25, -0.2) is 0 Å². The first-order valence-electron chi connectivity index (χ1n) is 6.79. The number of rotatable bonds is 6. The van der Waals surface area contributed by atoms with Crippen LogP contribution in [0.5, 0.6) is 0 Å². The maximum absolute atomic E-state index is 5.33. The van der Waals surface area contributed by atoms with E-state index in [0.29, 0.717) is 8.64 Å². The highest BCUT2D eigenvalue weighted by molar-refractivity contribution is 8.23. The van der Waals surface area contributed by atoms with Crippen LogP contribution in [0.15, 0.2) is 0 Å². The largest absolute Gasteiger partial charge is 0.385 e. The first kappa shape index (κ1) is 19.4. The molecule has 0 aromatic carbocycles. The molecule has 0 aromatic rings. The van der Waals surface area contributed by atoms with Gasteiger partial charge in [0.25, 0.3) is 0 Å². The molecule has 112 valence electrons. The molecule has 7 heteroatoms. The Labute approximate surface area is 136 Å². The summed E-state index contributed by atoms with van der Waals surface area (Å²) >= 11 is 12.6. The van der Waals surface area contributed by atoms with E-state index >= 15 is 0 Å². The molecule has 3 nitrogen and oxygen atoms in total. The maximum Gasteiger partial charge on any atom is 0.131 e. The minimum absolute atomic E-state index is 0.539.